The molecule has 0 spiro atoms. The predicted octanol–water partition coefficient (Wildman–Crippen LogP) is 3.56. The van der Waals surface area contributed by atoms with E-state index in [9.17, 15) is 9.90 Å². The minimum Gasteiger partial charge on any atom is -0.494 e. The minimum atomic E-state index is -0.976. The topological polar surface area (TPSA) is 79.2 Å². The van der Waals surface area contributed by atoms with E-state index in [1.165, 1.54) is 10.5 Å². The summed E-state index contributed by atoms with van der Waals surface area (Å²) in [5.74, 6) is 0.745. The first kappa shape index (κ1) is 19.7. The number of benzene rings is 1. The van der Waals surface area contributed by atoms with Crippen molar-refractivity contribution in [3.8, 4) is 5.75 Å². The maximum Gasteiger partial charge on any atom is 0.407 e. The molecule has 1 fully saturated rings. The van der Waals surface area contributed by atoms with E-state index in [-0.39, 0.29) is 12.5 Å². The maximum atomic E-state index is 11.0. The molecular weight excluding hydrogens is 366 g/mol. The van der Waals surface area contributed by atoms with Crippen LogP contribution in [-0.2, 0) is 11.3 Å². The predicted molar refractivity (Wildman–Crippen MR) is 103 cm³/mol. The second-order valence-electron chi connectivity index (χ2n) is 6.65. The summed E-state index contributed by atoms with van der Waals surface area (Å²) in [7, 11) is 0. The fourth-order valence-electron chi connectivity index (χ4n) is 3.22. The molecule has 1 aromatic heterocycles. The van der Waals surface area contributed by atoms with Gasteiger partial charge in [0, 0.05) is 18.9 Å². The van der Waals surface area contributed by atoms with Crippen molar-refractivity contribution < 1.29 is 24.5 Å². The molecule has 2 N–H and O–H groups in total. The zero-order valence-corrected chi connectivity index (χ0v) is 15.9. The van der Waals surface area contributed by atoms with Gasteiger partial charge in [-0.05, 0) is 46.5 Å². The lowest BCUT2D eigenvalue weighted by molar-refractivity contribution is 0.0504. The Bertz CT molecular complexity index is 704. The monoisotopic (exact) mass is 391 g/mol. The number of hydrogen-bond donors (Lipinski definition) is 2. The normalized spacial score (nSPS) is 19.8. The molecule has 1 saturated heterocycles. The van der Waals surface area contributed by atoms with Crippen LogP contribution in [0.5, 0.6) is 5.75 Å². The number of nitrogens with zero attached hydrogens (tertiary/aromatic N) is 1. The Morgan fingerprint density at radius 1 is 1.22 bits per heavy atom. The van der Waals surface area contributed by atoms with Gasteiger partial charge in [0.1, 0.15) is 5.75 Å². The first-order valence-electron chi connectivity index (χ1n) is 9.11. The molecule has 3 rings (SSSR count). The molecule has 2 aromatic rings. The minimum absolute atomic E-state index is 0.0415. The van der Waals surface area contributed by atoms with Crippen LogP contribution in [0.3, 0.4) is 0 Å². The number of likely N-dealkylation sites (tertiary alicyclic amines) is 1. The molecule has 2 atom stereocenters. The van der Waals surface area contributed by atoms with Gasteiger partial charge in [0.05, 0.1) is 32.5 Å². The molecule has 0 aliphatic carbocycles. The number of carbonyl (C=O) groups is 1. The quantitative estimate of drug-likeness (QED) is 0.673. The molecule has 1 aromatic carbocycles. The lowest BCUT2D eigenvalue weighted by Gasteiger charge is -2.34. The van der Waals surface area contributed by atoms with Gasteiger partial charge in [-0.25, -0.2) is 4.79 Å². The van der Waals surface area contributed by atoms with Gasteiger partial charge in [-0.2, -0.15) is 11.3 Å². The SMILES string of the molecule is O=C(O)N1CCC(c2ccc(OCCCOCc3ccsc3)cc2)C(O)C1. The van der Waals surface area contributed by atoms with E-state index >= 15 is 0 Å². The first-order chi connectivity index (χ1) is 13.1. The van der Waals surface area contributed by atoms with Gasteiger partial charge in [-0.15, -0.1) is 0 Å². The molecule has 1 amide bonds. The van der Waals surface area contributed by atoms with E-state index in [4.69, 9.17) is 14.6 Å². The molecular formula is C20H25NO5S. The highest BCUT2D eigenvalue weighted by Crippen LogP contribution is 2.29. The standard InChI is InChI=1S/C20H25NO5S/c22-19-12-21(20(23)24)8-6-18(19)16-2-4-17(5-3-16)26-10-1-9-25-13-15-7-11-27-14-15/h2-5,7,11,14,18-19,22H,1,6,8-10,12-13H2,(H,23,24). The summed E-state index contributed by atoms with van der Waals surface area (Å²) in [6.45, 7) is 2.48. The molecule has 27 heavy (non-hydrogen) atoms. The van der Waals surface area contributed by atoms with E-state index in [1.54, 1.807) is 11.3 Å². The summed E-state index contributed by atoms with van der Waals surface area (Å²) < 4.78 is 11.3. The Morgan fingerprint density at radius 2 is 2.04 bits per heavy atom. The summed E-state index contributed by atoms with van der Waals surface area (Å²) in [5, 5.41) is 23.4. The summed E-state index contributed by atoms with van der Waals surface area (Å²) in [5.41, 5.74) is 2.21. The fourth-order valence-corrected chi connectivity index (χ4v) is 3.87. The Hall–Kier alpha value is -2.09. The number of aliphatic hydroxyl groups excluding tert-OH is 1. The van der Waals surface area contributed by atoms with E-state index in [0.717, 1.165) is 17.7 Å². The van der Waals surface area contributed by atoms with Crippen molar-refractivity contribution in [2.24, 2.45) is 0 Å². The van der Waals surface area contributed by atoms with Crippen LogP contribution in [0, 0.1) is 0 Å². The van der Waals surface area contributed by atoms with Gasteiger partial charge in [0.2, 0.25) is 0 Å². The molecule has 1 aliphatic heterocycles. The molecule has 6 nitrogen and oxygen atoms in total. The van der Waals surface area contributed by atoms with Crippen molar-refractivity contribution in [3.63, 3.8) is 0 Å². The van der Waals surface area contributed by atoms with Gasteiger partial charge in [-0.3, -0.25) is 0 Å². The Kier molecular flexibility index (Phi) is 7.09. The highest BCUT2D eigenvalue weighted by molar-refractivity contribution is 7.07. The third kappa shape index (κ3) is 5.69. The molecule has 146 valence electrons. The Balaban J connectivity index is 1.38. The fraction of sp³-hybridized carbons (Fsp3) is 0.450. The maximum absolute atomic E-state index is 11.0. The van der Waals surface area contributed by atoms with Gasteiger partial charge >= 0.3 is 6.09 Å². The summed E-state index contributed by atoms with van der Waals surface area (Å²) in [6.07, 6.45) is -0.217. The zero-order chi connectivity index (χ0) is 19.1. The van der Waals surface area contributed by atoms with E-state index in [2.05, 4.69) is 11.4 Å². The molecule has 2 unspecified atom stereocenters. The molecule has 0 saturated carbocycles. The zero-order valence-electron chi connectivity index (χ0n) is 15.1. The van der Waals surface area contributed by atoms with E-state index in [1.807, 2.05) is 29.6 Å². The number of β-amino-alcohol motifs (C(OH)–C–C–N with tert-alkyl or cyclic N) is 1. The van der Waals surface area contributed by atoms with Gasteiger partial charge in [0.15, 0.2) is 0 Å². The van der Waals surface area contributed by atoms with Crippen molar-refractivity contribution in [1.29, 1.82) is 0 Å². The number of carboxylic acid groups (broad SMARTS) is 1. The van der Waals surface area contributed by atoms with Crippen LogP contribution in [0.15, 0.2) is 41.1 Å². The summed E-state index contributed by atoms with van der Waals surface area (Å²) in [6, 6.07) is 9.76. The van der Waals surface area contributed by atoms with Crippen LogP contribution >= 0.6 is 11.3 Å². The largest absolute Gasteiger partial charge is 0.494 e. The van der Waals surface area contributed by atoms with Crippen LogP contribution in [0.4, 0.5) is 4.79 Å². The number of aliphatic hydroxyl groups is 1. The number of thiophene rings is 1. The number of amides is 1. The van der Waals surface area contributed by atoms with Crippen molar-refractivity contribution in [3.05, 3.63) is 52.2 Å². The van der Waals surface area contributed by atoms with Gasteiger partial charge in [-0.1, -0.05) is 12.1 Å². The Labute approximate surface area is 163 Å². The molecule has 1 aliphatic rings. The van der Waals surface area contributed by atoms with Crippen molar-refractivity contribution in [2.75, 3.05) is 26.3 Å². The molecule has 7 heteroatoms. The van der Waals surface area contributed by atoms with E-state index in [0.29, 0.717) is 32.8 Å². The smallest absolute Gasteiger partial charge is 0.407 e. The van der Waals surface area contributed by atoms with Gasteiger partial charge < -0.3 is 24.6 Å². The summed E-state index contributed by atoms with van der Waals surface area (Å²) in [4.78, 5) is 12.3. The van der Waals surface area contributed by atoms with Crippen molar-refractivity contribution in [2.45, 2.75) is 31.5 Å². The highest BCUT2D eigenvalue weighted by Gasteiger charge is 2.30. The van der Waals surface area contributed by atoms with Crippen molar-refractivity contribution >= 4 is 17.4 Å². The average Bonchev–Trinajstić information content (AvgIpc) is 3.18. The molecule has 0 radical (unpaired) electrons. The molecule has 0 bridgehead atoms. The van der Waals surface area contributed by atoms with Crippen LogP contribution in [0.1, 0.15) is 29.9 Å². The number of hydrogen-bond acceptors (Lipinski definition) is 5. The number of ether oxygens (including phenoxy) is 2. The third-order valence-electron chi connectivity index (χ3n) is 4.71. The van der Waals surface area contributed by atoms with E-state index < -0.39 is 12.2 Å². The second kappa shape index (κ2) is 9.73. The average molecular weight is 391 g/mol. The van der Waals surface area contributed by atoms with Crippen LogP contribution in [-0.4, -0.2) is 53.6 Å². The number of piperidine rings is 1. The first-order valence-corrected chi connectivity index (χ1v) is 10.1. The van der Waals surface area contributed by atoms with Crippen molar-refractivity contribution in [1.82, 2.24) is 4.90 Å². The number of rotatable bonds is 8. The highest BCUT2D eigenvalue weighted by atomic mass is 32.1. The second-order valence-corrected chi connectivity index (χ2v) is 7.43. The van der Waals surface area contributed by atoms with Crippen LogP contribution in [0.25, 0.3) is 0 Å². The van der Waals surface area contributed by atoms with Crippen LogP contribution < -0.4 is 4.74 Å². The lowest BCUT2D eigenvalue weighted by Crippen LogP contribution is -2.45. The Morgan fingerprint density at radius 3 is 2.70 bits per heavy atom. The van der Waals surface area contributed by atoms with Gasteiger partial charge in [0.25, 0.3) is 0 Å². The third-order valence-corrected chi connectivity index (χ3v) is 5.44. The lowest BCUT2D eigenvalue weighted by atomic mass is 9.87. The van der Waals surface area contributed by atoms with Crippen LogP contribution in [0.2, 0.25) is 0 Å². The summed E-state index contributed by atoms with van der Waals surface area (Å²) >= 11 is 1.67. The molecule has 2 heterocycles.